The summed E-state index contributed by atoms with van der Waals surface area (Å²) in [5.74, 6) is -0.796. The van der Waals surface area contributed by atoms with Crippen LogP contribution in [-0.4, -0.2) is 74.9 Å². The van der Waals surface area contributed by atoms with Gasteiger partial charge in [0.25, 0.3) is 0 Å². The van der Waals surface area contributed by atoms with E-state index in [0.29, 0.717) is 17.4 Å². The van der Waals surface area contributed by atoms with Crippen LogP contribution in [0.4, 0.5) is 0 Å². The van der Waals surface area contributed by atoms with Crippen LogP contribution >= 0.6 is 7.82 Å². The minimum absolute atomic E-state index is 0.0344. The number of carbonyl (C=O) groups is 2. The Morgan fingerprint density at radius 2 is 0.783 bits per heavy atom. The molecule has 0 radical (unpaired) electrons. The first kappa shape index (κ1) is 67.2. The van der Waals surface area contributed by atoms with Gasteiger partial charge in [-0.2, -0.15) is 0 Å². The maximum Gasteiger partial charge on any atom is 0.472 e. The monoisotopic (exact) mass is 995 g/mol. The second-order valence-corrected chi connectivity index (χ2v) is 22.5. The molecule has 0 aliphatic heterocycles. The van der Waals surface area contributed by atoms with Crippen LogP contribution in [0.25, 0.3) is 0 Å². The maximum absolute atomic E-state index is 12.7. The highest BCUT2D eigenvalue weighted by molar-refractivity contribution is 7.47. The summed E-state index contributed by atoms with van der Waals surface area (Å²) in [4.78, 5) is 35.2. The van der Waals surface area contributed by atoms with Crippen LogP contribution in [0, 0.1) is 0 Å². The molecule has 0 spiro atoms. The van der Waals surface area contributed by atoms with E-state index in [2.05, 4.69) is 50.3 Å². The van der Waals surface area contributed by atoms with Gasteiger partial charge in [0.05, 0.1) is 27.7 Å². The van der Waals surface area contributed by atoms with E-state index in [1.54, 1.807) is 0 Å². The molecule has 0 aromatic heterocycles. The lowest BCUT2D eigenvalue weighted by atomic mass is 10.0. The fourth-order valence-corrected chi connectivity index (χ4v) is 9.12. The third-order valence-electron chi connectivity index (χ3n) is 12.9. The number of unbranched alkanes of at least 4 members (excludes halogenated alkanes) is 34. The van der Waals surface area contributed by atoms with Crippen LogP contribution in [0.2, 0.25) is 0 Å². The highest BCUT2D eigenvalue weighted by Crippen LogP contribution is 2.43. The summed E-state index contributed by atoms with van der Waals surface area (Å²) in [6, 6.07) is 0. The number of ether oxygens (including phenoxy) is 2. The van der Waals surface area contributed by atoms with Crippen molar-refractivity contribution in [2.24, 2.45) is 0 Å². The summed E-state index contributed by atoms with van der Waals surface area (Å²) in [5, 5.41) is 0. The molecular weight excluding hydrogens is 882 g/mol. The molecule has 0 saturated carbocycles. The zero-order valence-electron chi connectivity index (χ0n) is 46.1. The number of quaternary nitrogens is 1. The molecule has 0 saturated heterocycles. The number of esters is 2. The van der Waals surface area contributed by atoms with Gasteiger partial charge in [0.2, 0.25) is 0 Å². The smallest absolute Gasteiger partial charge is 0.462 e. The summed E-state index contributed by atoms with van der Waals surface area (Å²) in [5.41, 5.74) is 0. The summed E-state index contributed by atoms with van der Waals surface area (Å²) in [6.07, 6.45) is 62.9. The van der Waals surface area contributed by atoms with Crippen molar-refractivity contribution in [3.05, 3.63) is 36.5 Å². The average molecular weight is 996 g/mol. The number of phosphoric acid groups is 1. The Labute approximate surface area is 427 Å². The topological polar surface area (TPSA) is 108 Å². The van der Waals surface area contributed by atoms with Gasteiger partial charge >= 0.3 is 19.8 Å². The Morgan fingerprint density at radius 1 is 0.449 bits per heavy atom. The largest absolute Gasteiger partial charge is 0.472 e. The first-order chi connectivity index (χ1) is 33.5. The molecule has 0 aliphatic rings. The van der Waals surface area contributed by atoms with Gasteiger partial charge in [-0.05, 0) is 51.4 Å². The van der Waals surface area contributed by atoms with Gasteiger partial charge < -0.3 is 18.9 Å². The fourth-order valence-electron chi connectivity index (χ4n) is 8.38. The Bertz CT molecular complexity index is 1260. The fraction of sp³-hybridized carbons (Fsp3) is 0.864. The Kier molecular flexibility index (Phi) is 49.8. The van der Waals surface area contributed by atoms with E-state index in [9.17, 15) is 19.0 Å². The molecule has 10 heteroatoms. The minimum Gasteiger partial charge on any atom is -0.462 e. The molecular formula is C59H113NO8P+. The van der Waals surface area contributed by atoms with Crippen molar-refractivity contribution in [1.29, 1.82) is 0 Å². The highest BCUT2D eigenvalue weighted by Gasteiger charge is 2.27. The van der Waals surface area contributed by atoms with Crippen molar-refractivity contribution in [1.82, 2.24) is 0 Å². The van der Waals surface area contributed by atoms with Crippen molar-refractivity contribution >= 4 is 19.8 Å². The van der Waals surface area contributed by atoms with E-state index in [4.69, 9.17) is 18.5 Å². The zero-order valence-corrected chi connectivity index (χ0v) is 47.0. The van der Waals surface area contributed by atoms with Crippen LogP contribution in [0.1, 0.15) is 277 Å². The Balaban J connectivity index is 3.75. The number of nitrogens with zero attached hydrogens (tertiary/aromatic N) is 1. The molecule has 0 bridgehead atoms. The summed E-state index contributed by atoms with van der Waals surface area (Å²) in [7, 11) is 1.49. The molecule has 406 valence electrons. The number of allylic oxidation sites excluding steroid dienone is 6. The van der Waals surface area contributed by atoms with Gasteiger partial charge in [-0.3, -0.25) is 18.6 Å². The van der Waals surface area contributed by atoms with Crippen molar-refractivity contribution in [2.45, 2.75) is 283 Å². The van der Waals surface area contributed by atoms with Crippen LogP contribution < -0.4 is 0 Å². The van der Waals surface area contributed by atoms with Gasteiger partial charge in [-0.25, -0.2) is 4.57 Å². The molecule has 0 fully saturated rings. The van der Waals surface area contributed by atoms with E-state index in [1.165, 1.54) is 193 Å². The summed E-state index contributed by atoms with van der Waals surface area (Å²) < 4.78 is 34.3. The molecule has 2 unspecified atom stereocenters. The highest BCUT2D eigenvalue weighted by atomic mass is 31.2. The zero-order chi connectivity index (χ0) is 50.6. The van der Waals surface area contributed by atoms with Gasteiger partial charge in [0.15, 0.2) is 6.10 Å². The predicted octanol–water partition coefficient (Wildman–Crippen LogP) is 18.0. The van der Waals surface area contributed by atoms with Gasteiger partial charge in [0, 0.05) is 12.8 Å². The molecule has 9 nitrogen and oxygen atoms in total. The van der Waals surface area contributed by atoms with E-state index in [-0.39, 0.29) is 32.0 Å². The van der Waals surface area contributed by atoms with E-state index in [1.807, 2.05) is 21.1 Å². The molecule has 0 rings (SSSR count). The predicted molar refractivity (Wildman–Crippen MR) is 294 cm³/mol. The molecule has 2 atom stereocenters. The SMILES string of the molecule is CCCCCCC/C=C\C/C=C\C/C=C\CCCCCCCCCCCCCCCCCCCCCCCCCCC(=O)OC(COC(=O)CCCCCCCC)COP(=O)(O)OCC[N+](C)(C)C. The van der Waals surface area contributed by atoms with Crippen LogP contribution in [0.5, 0.6) is 0 Å². The molecule has 1 N–H and O–H groups in total. The molecule has 0 aromatic carbocycles. The lowest BCUT2D eigenvalue weighted by Gasteiger charge is -2.24. The average Bonchev–Trinajstić information content (AvgIpc) is 3.31. The summed E-state index contributed by atoms with van der Waals surface area (Å²) in [6.45, 7) is 4.37. The van der Waals surface area contributed by atoms with E-state index < -0.39 is 26.5 Å². The lowest BCUT2D eigenvalue weighted by molar-refractivity contribution is -0.870. The van der Waals surface area contributed by atoms with Gasteiger partial charge in [-0.1, -0.05) is 249 Å². The number of hydrogen-bond donors (Lipinski definition) is 1. The van der Waals surface area contributed by atoms with Gasteiger partial charge in [-0.15, -0.1) is 0 Å². The van der Waals surface area contributed by atoms with Crippen LogP contribution in [0.15, 0.2) is 36.5 Å². The molecule has 0 heterocycles. The minimum atomic E-state index is -4.37. The Hall–Kier alpha value is -1.77. The first-order valence-corrected chi connectivity index (χ1v) is 30.7. The van der Waals surface area contributed by atoms with Crippen LogP contribution in [-0.2, 0) is 32.7 Å². The quantitative estimate of drug-likeness (QED) is 0.0211. The lowest BCUT2D eigenvalue weighted by Crippen LogP contribution is -2.37. The van der Waals surface area contributed by atoms with Crippen molar-refractivity contribution in [3.8, 4) is 0 Å². The Morgan fingerprint density at radius 3 is 1.16 bits per heavy atom. The molecule has 0 aromatic rings. The number of rotatable bonds is 54. The maximum atomic E-state index is 12.7. The van der Waals surface area contributed by atoms with Crippen molar-refractivity contribution < 1.29 is 42.1 Å². The number of phosphoric ester groups is 1. The standard InChI is InChI=1S/C59H112NO8P/c1-6-8-10-12-14-15-16-17-18-19-20-21-22-23-24-25-26-27-28-29-30-31-32-33-34-35-36-37-38-39-40-41-42-43-44-45-46-48-50-52-59(62)68-57(55-65-58(61)51-49-47-13-11-9-7-2)56-67-69(63,64)66-54-53-60(3,4)5/h16-17,19-20,22-23,57H,6-15,18,21,24-56H2,1-5H3/p+1/b17-16-,20-19-,23-22-. The van der Waals surface area contributed by atoms with Crippen molar-refractivity contribution in [3.63, 3.8) is 0 Å². The molecule has 0 amide bonds. The van der Waals surface area contributed by atoms with E-state index >= 15 is 0 Å². The third kappa shape index (κ3) is 55.4. The van der Waals surface area contributed by atoms with Crippen LogP contribution in [0.3, 0.4) is 0 Å². The normalized spacial score (nSPS) is 13.5. The summed E-state index contributed by atoms with van der Waals surface area (Å²) >= 11 is 0. The first-order valence-electron chi connectivity index (χ1n) is 29.2. The number of hydrogen-bond acceptors (Lipinski definition) is 7. The molecule has 0 aliphatic carbocycles. The second-order valence-electron chi connectivity index (χ2n) is 21.0. The molecule has 69 heavy (non-hydrogen) atoms. The number of carbonyl (C=O) groups excluding carboxylic acids is 2. The second kappa shape index (κ2) is 51.1. The van der Waals surface area contributed by atoms with Crippen molar-refractivity contribution in [2.75, 3.05) is 47.5 Å². The van der Waals surface area contributed by atoms with E-state index in [0.717, 1.165) is 51.4 Å². The third-order valence-corrected chi connectivity index (χ3v) is 13.9. The number of likely N-dealkylation sites (N-methyl/N-ethyl adjacent to an activating group) is 1. The van der Waals surface area contributed by atoms with Gasteiger partial charge in [0.1, 0.15) is 19.8 Å².